The fraction of sp³-hybridized carbons (Fsp3) is 0.667. The Morgan fingerprint density at radius 1 is 1.41 bits per heavy atom. The quantitative estimate of drug-likeness (QED) is 0.735. The number of hydrogen-bond donors (Lipinski definition) is 0. The number of aromatic nitrogens is 1. The normalized spacial score (nSPS) is 11.5. The Morgan fingerprint density at radius 3 is 2.53 bits per heavy atom. The minimum atomic E-state index is -0.369. The predicted molar refractivity (Wildman–Crippen MR) is 67.3 cm³/mol. The van der Waals surface area contributed by atoms with Crippen molar-refractivity contribution in [3.63, 3.8) is 0 Å². The van der Waals surface area contributed by atoms with Crippen LogP contribution < -0.4 is 0 Å². The zero-order valence-corrected chi connectivity index (χ0v) is 11.6. The van der Waals surface area contributed by atoms with Crippen molar-refractivity contribution in [2.24, 2.45) is 0 Å². The highest BCUT2D eigenvalue weighted by atomic mass is 32.1. The van der Waals surface area contributed by atoms with Crippen LogP contribution >= 0.6 is 11.3 Å². The SMILES string of the molecule is CCOC(CC)(CC)c1ncc(C(=O)OC)s1. The van der Waals surface area contributed by atoms with Gasteiger partial charge in [-0.15, -0.1) is 11.3 Å². The summed E-state index contributed by atoms with van der Waals surface area (Å²) in [7, 11) is 1.37. The lowest BCUT2D eigenvalue weighted by Gasteiger charge is -2.29. The van der Waals surface area contributed by atoms with Gasteiger partial charge in [-0.05, 0) is 19.8 Å². The van der Waals surface area contributed by atoms with Crippen LogP contribution in [0.25, 0.3) is 0 Å². The molecule has 96 valence electrons. The van der Waals surface area contributed by atoms with Gasteiger partial charge >= 0.3 is 5.97 Å². The largest absolute Gasteiger partial charge is 0.465 e. The number of esters is 1. The van der Waals surface area contributed by atoms with E-state index < -0.39 is 0 Å². The molecule has 4 nitrogen and oxygen atoms in total. The highest BCUT2D eigenvalue weighted by Crippen LogP contribution is 2.35. The van der Waals surface area contributed by atoms with Crippen LogP contribution in [0.15, 0.2) is 6.20 Å². The first kappa shape index (κ1) is 14.1. The molecule has 0 amide bonds. The fourth-order valence-corrected chi connectivity index (χ4v) is 2.89. The molecule has 0 saturated carbocycles. The van der Waals surface area contributed by atoms with Gasteiger partial charge < -0.3 is 9.47 Å². The number of ether oxygens (including phenoxy) is 2. The molecule has 0 unspecified atom stereocenters. The van der Waals surface area contributed by atoms with Crippen molar-refractivity contribution >= 4 is 17.3 Å². The summed E-state index contributed by atoms with van der Waals surface area (Å²) in [6.45, 7) is 6.74. The number of carbonyl (C=O) groups excluding carboxylic acids is 1. The van der Waals surface area contributed by atoms with E-state index >= 15 is 0 Å². The van der Waals surface area contributed by atoms with Crippen molar-refractivity contribution in [1.82, 2.24) is 4.98 Å². The predicted octanol–water partition coefficient (Wildman–Crippen LogP) is 2.98. The van der Waals surface area contributed by atoms with Crippen molar-refractivity contribution in [1.29, 1.82) is 0 Å². The van der Waals surface area contributed by atoms with Crippen LogP contribution in [0.5, 0.6) is 0 Å². The molecule has 0 atom stereocenters. The third-order valence-corrected chi connectivity index (χ3v) is 4.01. The molecule has 1 heterocycles. The maximum absolute atomic E-state index is 11.4. The van der Waals surface area contributed by atoms with Gasteiger partial charge in [-0.25, -0.2) is 9.78 Å². The monoisotopic (exact) mass is 257 g/mol. The van der Waals surface area contributed by atoms with Crippen molar-refractivity contribution in [2.75, 3.05) is 13.7 Å². The van der Waals surface area contributed by atoms with E-state index in [1.54, 1.807) is 6.20 Å². The summed E-state index contributed by atoms with van der Waals surface area (Å²) in [4.78, 5) is 16.2. The average Bonchev–Trinajstić information content (AvgIpc) is 2.85. The van der Waals surface area contributed by atoms with E-state index in [-0.39, 0.29) is 11.6 Å². The molecule has 0 radical (unpaired) electrons. The molecule has 0 fully saturated rings. The zero-order valence-electron chi connectivity index (χ0n) is 10.8. The summed E-state index contributed by atoms with van der Waals surface area (Å²) in [5.41, 5.74) is -0.369. The van der Waals surface area contributed by atoms with E-state index in [1.807, 2.05) is 6.92 Å². The van der Waals surface area contributed by atoms with Gasteiger partial charge in [-0.3, -0.25) is 0 Å². The van der Waals surface area contributed by atoms with Gasteiger partial charge in [0, 0.05) is 6.61 Å². The Balaban J connectivity index is 3.03. The van der Waals surface area contributed by atoms with Crippen molar-refractivity contribution < 1.29 is 14.3 Å². The third kappa shape index (κ3) is 2.84. The van der Waals surface area contributed by atoms with Gasteiger partial charge in [0.15, 0.2) is 0 Å². The second-order valence-electron chi connectivity index (χ2n) is 3.66. The first-order chi connectivity index (χ1) is 8.13. The number of rotatable bonds is 6. The lowest BCUT2D eigenvalue weighted by atomic mass is 9.98. The molecule has 0 aliphatic carbocycles. The summed E-state index contributed by atoms with van der Waals surface area (Å²) in [6, 6.07) is 0. The molecule has 17 heavy (non-hydrogen) atoms. The fourth-order valence-electron chi connectivity index (χ4n) is 1.77. The summed E-state index contributed by atoms with van der Waals surface area (Å²) in [5, 5.41) is 0.852. The van der Waals surface area contributed by atoms with Gasteiger partial charge in [0.25, 0.3) is 0 Å². The van der Waals surface area contributed by atoms with Crippen LogP contribution in [-0.2, 0) is 15.1 Å². The van der Waals surface area contributed by atoms with Crippen LogP contribution in [0.1, 0.15) is 48.3 Å². The first-order valence-corrected chi connectivity index (χ1v) is 6.63. The summed E-state index contributed by atoms with van der Waals surface area (Å²) in [5.74, 6) is -0.341. The maximum atomic E-state index is 11.4. The standard InChI is InChI=1S/C12H19NO3S/c1-5-12(6-2,16-7-3)11-13-8-9(17-11)10(14)15-4/h8H,5-7H2,1-4H3. The zero-order chi connectivity index (χ0) is 12.9. The molecule has 1 aromatic heterocycles. The van der Waals surface area contributed by atoms with Crippen LogP contribution in [0, 0.1) is 0 Å². The van der Waals surface area contributed by atoms with E-state index in [2.05, 4.69) is 23.6 Å². The molecule has 0 spiro atoms. The number of carbonyl (C=O) groups is 1. The van der Waals surface area contributed by atoms with Crippen LogP contribution in [-0.4, -0.2) is 24.7 Å². The molecular weight excluding hydrogens is 238 g/mol. The van der Waals surface area contributed by atoms with Crippen molar-refractivity contribution in [3.05, 3.63) is 16.1 Å². The Labute approximate surface area is 106 Å². The molecule has 0 aliphatic heterocycles. The Hall–Kier alpha value is -0.940. The molecule has 1 aromatic rings. The maximum Gasteiger partial charge on any atom is 0.349 e. The Kier molecular flexibility index (Phi) is 5.08. The van der Waals surface area contributed by atoms with Gasteiger partial charge in [0.2, 0.25) is 0 Å². The minimum Gasteiger partial charge on any atom is -0.465 e. The molecule has 0 aliphatic rings. The summed E-state index contributed by atoms with van der Waals surface area (Å²) < 4.78 is 10.5. The molecule has 5 heteroatoms. The molecular formula is C12H19NO3S. The van der Waals surface area contributed by atoms with Gasteiger partial charge in [0.05, 0.1) is 13.3 Å². The van der Waals surface area contributed by atoms with Crippen molar-refractivity contribution in [3.8, 4) is 0 Å². The minimum absolute atomic E-state index is 0.341. The van der Waals surface area contributed by atoms with Crippen LogP contribution in [0.2, 0.25) is 0 Å². The Bertz CT molecular complexity index is 372. The van der Waals surface area contributed by atoms with Crippen LogP contribution in [0.3, 0.4) is 0 Å². The second kappa shape index (κ2) is 6.12. The number of nitrogens with zero attached hydrogens (tertiary/aromatic N) is 1. The third-order valence-electron chi connectivity index (χ3n) is 2.84. The first-order valence-electron chi connectivity index (χ1n) is 5.82. The topological polar surface area (TPSA) is 48.4 Å². The van der Waals surface area contributed by atoms with Gasteiger partial charge in [-0.2, -0.15) is 0 Å². The van der Waals surface area contributed by atoms with Gasteiger partial charge in [-0.1, -0.05) is 13.8 Å². The van der Waals surface area contributed by atoms with Gasteiger partial charge in [0.1, 0.15) is 15.5 Å². The lowest BCUT2D eigenvalue weighted by molar-refractivity contribution is -0.0506. The molecule has 0 N–H and O–H groups in total. The van der Waals surface area contributed by atoms with E-state index in [0.717, 1.165) is 17.8 Å². The molecule has 0 aromatic carbocycles. The lowest BCUT2D eigenvalue weighted by Crippen LogP contribution is -2.28. The highest BCUT2D eigenvalue weighted by molar-refractivity contribution is 7.13. The van der Waals surface area contributed by atoms with Crippen molar-refractivity contribution in [2.45, 2.75) is 39.2 Å². The highest BCUT2D eigenvalue weighted by Gasteiger charge is 2.33. The number of thiazole rings is 1. The van der Waals surface area contributed by atoms with E-state index in [9.17, 15) is 4.79 Å². The number of hydrogen-bond acceptors (Lipinski definition) is 5. The Morgan fingerprint density at radius 2 is 2.06 bits per heavy atom. The summed E-state index contributed by atoms with van der Waals surface area (Å²) >= 11 is 1.35. The van der Waals surface area contributed by atoms with E-state index in [1.165, 1.54) is 18.4 Å². The van der Waals surface area contributed by atoms with Crippen LogP contribution in [0.4, 0.5) is 0 Å². The molecule has 0 saturated heterocycles. The average molecular weight is 257 g/mol. The van der Waals surface area contributed by atoms with E-state index in [0.29, 0.717) is 11.5 Å². The molecule has 0 bridgehead atoms. The summed E-state index contributed by atoms with van der Waals surface area (Å²) in [6.07, 6.45) is 3.24. The second-order valence-corrected chi connectivity index (χ2v) is 4.69. The number of methoxy groups -OCH3 is 1. The smallest absolute Gasteiger partial charge is 0.349 e. The molecule has 1 rings (SSSR count). The van der Waals surface area contributed by atoms with E-state index in [4.69, 9.17) is 4.74 Å².